The van der Waals surface area contributed by atoms with Crippen LogP contribution in [0.3, 0.4) is 0 Å². The minimum Gasteiger partial charge on any atom is -0.381 e. The Balaban J connectivity index is 0.00000364. The molecular weight excluding hydrogens is 459 g/mol. The van der Waals surface area contributed by atoms with Crippen LogP contribution in [0.2, 0.25) is 0 Å². The number of rotatable bonds is 10. The van der Waals surface area contributed by atoms with Crippen molar-refractivity contribution >= 4 is 29.9 Å². The number of aliphatic imine (C=N–C) groups is 1. The van der Waals surface area contributed by atoms with Gasteiger partial charge in [0.1, 0.15) is 0 Å². The normalized spacial score (nSPS) is 20.7. The second kappa shape index (κ2) is 15.7. The number of ether oxygens (including phenoxy) is 3. The van der Waals surface area contributed by atoms with E-state index in [4.69, 9.17) is 19.2 Å². The van der Waals surface area contributed by atoms with Crippen LogP contribution in [-0.2, 0) is 14.2 Å². The van der Waals surface area contributed by atoms with Gasteiger partial charge in [0.25, 0.3) is 0 Å². The fraction of sp³-hybridized carbons (Fsp3) is 0.947. The summed E-state index contributed by atoms with van der Waals surface area (Å²) in [5.74, 6) is 1.58. The Morgan fingerprint density at radius 3 is 2.56 bits per heavy atom. The molecule has 0 radical (unpaired) electrons. The van der Waals surface area contributed by atoms with Crippen LogP contribution < -0.4 is 10.6 Å². The maximum atomic E-state index is 5.82. The van der Waals surface area contributed by atoms with Gasteiger partial charge < -0.3 is 24.8 Å². The molecule has 2 rings (SSSR count). The summed E-state index contributed by atoms with van der Waals surface area (Å²) >= 11 is 0. The van der Waals surface area contributed by atoms with Crippen molar-refractivity contribution < 1.29 is 14.2 Å². The van der Waals surface area contributed by atoms with Crippen LogP contribution >= 0.6 is 24.0 Å². The van der Waals surface area contributed by atoms with Crippen molar-refractivity contribution in [3.63, 3.8) is 0 Å². The average molecular weight is 498 g/mol. The molecule has 0 aromatic rings. The maximum absolute atomic E-state index is 5.82. The van der Waals surface area contributed by atoms with Gasteiger partial charge >= 0.3 is 0 Å². The van der Waals surface area contributed by atoms with Crippen molar-refractivity contribution in [3.05, 3.63) is 0 Å². The Morgan fingerprint density at radius 2 is 1.85 bits per heavy atom. The summed E-state index contributed by atoms with van der Waals surface area (Å²) < 4.78 is 16.6. The van der Waals surface area contributed by atoms with Gasteiger partial charge in [-0.05, 0) is 39.0 Å². The molecule has 2 N–H and O–H groups in total. The fourth-order valence-corrected chi connectivity index (χ4v) is 3.24. The molecule has 0 aliphatic carbocycles. The first-order chi connectivity index (χ1) is 12.8. The van der Waals surface area contributed by atoms with Gasteiger partial charge in [-0.1, -0.05) is 0 Å². The lowest BCUT2D eigenvalue weighted by Gasteiger charge is -2.31. The molecule has 0 saturated carbocycles. The standard InChI is InChI=1S/C19H38N4O3.HI/c1-3-20-19(22-15-17(2)23-8-13-25-14-9-23)21-7-4-10-26-16-18-5-11-24-12-6-18;/h17-18H,3-16H2,1-2H3,(H2,20,21,22);1H. The van der Waals surface area contributed by atoms with Gasteiger partial charge in [-0.25, -0.2) is 0 Å². The smallest absolute Gasteiger partial charge is 0.191 e. The fourth-order valence-electron chi connectivity index (χ4n) is 3.24. The Hall–Kier alpha value is -0.160. The highest BCUT2D eigenvalue weighted by molar-refractivity contribution is 14.0. The molecule has 0 spiro atoms. The number of guanidine groups is 1. The molecule has 0 aromatic heterocycles. The summed E-state index contributed by atoms with van der Waals surface area (Å²) in [7, 11) is 0. The van der Waals surface area contributed by atoms with Crippen LogP contribution in [0.4, 0.5) is 0 Å². The zero-order valence-corrected chi connectivity index (χ0v) is 19.4. The highest BCUT2D eigenvalue weighted by atomic mass is 127. The van der Waals surface area contributed by atoms with Crippen molar-refractivity contribution in [2.45, 2.75) is 39.2 Å². The molecule has 2 fully saturated rings. The molecule has 0 aromatic carbocycles. The number of hydrogen-bond donors (Lipinski definition) is 2. The van der Waals surface area contributed by atoms with Crippen LogP contribution in [0.15, 0.2) is 4.99 Å². The van der Waals surface area contributed by atoms with Crippen LogP contribution in [0, 0.1) is 5.92 Å². The number of hydrogen-bond acceptors (Lipinski definition) is 5. The molecule has 2 aliphatic rings. The van der Waals surface area contributed by atoms with Crippen LogP contribution in [-0.4, -0.2) is 89.3 Å². The van der Waals surface area contributed by atoms with Gasteiger partial charge in [0, 0.05) is 58.6 Å². The topological polar surface area (TPSA) is 67.4 Å². The molecule has 0 bridgehead atoms. The van der Waals surface area contributed by atoms with Gasteiger partial charge in [-0.2, -0.15) is 0 Å². The van der Waals surface area contributed by atoms with Crippen molar-refractivity contribution in [3.8, 4) is 0 Å². The summed E-state index contributed by atoms with van der Waals surface area (Å²) in [5.41, 5.74) is 0. The van der Waals surface area contributed by atoms with Gasteiger partial charge in [-0.15, -0.1) is 24.0 Å². The average Bonchev–Trinajstić information content (AvgIpc) is 2.69. The highest BCUT2D eigenvalue weighted by Crippen LogP contribution is 2.14. The number of halogens is 1. The third-order valence-corrected chi connectivity index (χ3v) is 4.98. The third kappa shape index (κ3) is 10.8. The van der Waals surface area contributed by atoms with E-state index < -0.39 is 0 Å². The van der Waals surface area contributed by atoms with E-state index in [0.717, 1.165) is 97.6 Å². The van der Waals surface area contributed by atoms with E-state index in [-0.39, 0.29) is 24.0 Å². The second-order valence-electron chi connectivity index (χ2n) is 7.13. The molecule has 27 heavy (non-hydrogen) atoms. The molecule has 2 heterocycles. The first-order valence-electron chi connectivity index (χ1n) is 10.3. The predicted octanol–water partition coefficient (Wildman–Crippen LogP) is 1.71. The zero-order valence-electron chi connectivity index (χ0n) is 17.1. The summed E-state index contributed by atoms with van der Waals surface area (Å²) in [6.45, 7) is 14.0. The Kier molecular flexibility index (Phi) is 14.5. The molecule has 0 amide bonds. The first kappa shape index (κ1) is 24.9. The van der Waals surface area contributed by atoms with Gasteiger partial charge in [-0.3, -0.25) is 9.89 Å². The molecule has 160 valence electrons. The van der Waals surface area contributed by atoms with E-state index >= 15 is 0 Å². The quantitative estimate of drug-likeness (QED) is 0.207. The van der Waals surface area contributed by atoms with Crippen molar-refractivity contribution in [2.75, 3.05) is 72.4 Å². The van der Waals surface area contributed by atoms with Crippen molar-refractivity contribution in [1.29, 1.82) is 0 Å². The number of morpholine rings is 1. The summed E-state index contributed by atoms with van der Waals surface area (Å²) in [6, 6.07) is 0.442. The summed E-state index contributed by atoms with van der Waals surface area (Å²) in [4.78, 5) is 7.18. The Bertz CT molecular complexity index is 389. The molecule has 1 unspecified atom stereocenters. The van der Waals surface area contributed by atoms with E-state index in [1.807, 2.05) is 0 Å². The lowest BCUT2D eigenvalue weighted by molar-refractivity contribution is 0.0203. The molecule has 2 aliphatic heterocycles. The van der Waals surface area contributed by atoms with E-state index in [1.165, 1.54) is 0 Å². The molecule has 7 nitrogen and oxygen atoms in total. The van der Waals surface area contributed by atoms with E-state index in [2.05, 4.69) is 29.4 Å². The zero-order chi connectivity index (χ0) is 18.5. The van der Waals surface area contributed by atoms with Crippen LogP contribution in [0.1, 0.15) is 33.1 Å². The SMILES string of the molecule is CCNC(=NCC(C)N1CCOCC1)NCCCOCC1CCOCC1.I. The maximum Gasteiger partial charge on any atom is 0.191 e. The van der Waals surface area contributed by atoms with E-state index in [1.54, 1.807) is 0 Å². The lowest BCUT2D eigenvalue weighted by Crippen LogP contribution is -2.44. The number of nitrogens with zero attached hydrogens (tertiary/aromatic N) is 2. The molecular formula is C19H39IN4O3. The van der Waals surface area contributed by atoms with Gasteiger partial charge in [0.15, 0.2) is 5.96 Å². The molecule has 8 heteroatoms. The van der Waals surface area contributed by atoms with Crippen molar-refractivity contribution in [2.24, 2.45) is 10.9 Å². The third-order valence-electron chi connectivity index (χ3n) is 4.98. The molecule has 1 atom stereocenters. The van der Waals surface area contributed by atoms with Crippen LogP contribution in [0.5, 0.6) is 0 Å². The monoisotopic (exact) mass is 498 g/mol. The minimum atomic E-state index is 0. The summed E-state index contributed by atoms with van der Waals surface area (Å²) in [6.07, 6.45) is 3.26. The van der Waals surface area contributed by atoms with E-state index in [9.17, 15) is 0 Å². The Morgan fingerprint density at radius 1 is 1.15 bits per heavy atom. The predicted molar refractivity (Wildman–Crippen MR) is 120 cm³/mol. The number of nitrogens with one attached hydrogen (secondary N) is 2. The van der Waals surface area contributed by atoms with Gasteiger partial charge in [0.2, 0.25) is 0 Å². The second-order valence-corrected chi connectivity index (χ2v) is 7.13. The molecule has 2 saturated heterocycles. The Labute approximate surface area is 182 Å². The first-order valence-corrected chi connectivity index (χ1v) is 10.3. The van der Waals surface area contributed by atoms with E-state index in [0.29, 0.717) is 12.0 Å². The highest BCUT2D eigenvalue weighted by Gasteiger charge is 2.16. The lowest BCUT2D eigenvalue weighted by atomic mass is 10.0. The van der Waals surface area contributed by atoms with Gasteiger partial charge in [0.05, 0.1) is 19.8 Å². The summed E-state index contributed by atoms with van der Waals surface area (Å²) in [5, 5.41) is 6.74. The largest absolute Gasteiger partial charge is 0.381 e. The minimum absolute atomic E-state index is 0. The van der Waals surface area contributed by atoms with Crippen LogP contribution in [0.25, 0.3) is 0 Å². The van der Waals surface area contributed by atoms with Crippen molar-refractivity contribution in [1.82, 2.24) is 15.5 Å².